The maximum absolute atomic E-state index is 10.7. The highest BCUT2D eigenvalue weighted by molar-refractivity contribution is 7.96. The summed E-state index contributed by atoms with van der Waals surface area (Å²) in [7, 11) is 2.01. The van der Waals surface area contributed by atoms with Gasteiger partial charge in [0.2, 0.25) is 0 Å². The van der Waals surface area contributed by atoms with E-state index < -0.39 is 4.92 Å². The normalized spacial score (nSPS) is 16.1. The molecule has 1 aliphatic rings. The second-order valence-electron chi connectivity index (χ2n) is 3.92. The molecule has 7 heteroatoms. The van der Waals surface area contributed by atoms with Gasteiger partial charge in [0.1, 0.15) is 0 Å². The molecule has 1 aromatic heterocycles. The molecule has 0 unspecified atom stereocenters. The Morgan fingerprint density at radius 2 is 2.29 bits per heavy atom. The van der Waals surface area contributed by atoms with Crippen molar-refractivity contribution in [2.24, 2.45) is 0 Å². The fraction of sp³-hybridized carbons (Fsp3) is 0.300. The summed E-state index contributed by atoms with van der Waals surface area (Å²) in [4.78, 5) is 14.7. The highest BCUT2D eigenvalue weighted by Crippen LogP contribution is 2.30. The second-order valence-corrected chi connectivity index (χ2v) is 5.09. The van der Waals surface area contributed by atoms with Gasteiger partial charge in [0, 0.05) is 25.2 Å². The standard InChI is InChI=1S/C10H10N4O2S/c1-12-4-5-13-9-3-2-7(14(15)16)6-8(9)11-10(13)17-12/h2-3,6H,4-5H2,1H3. The van der Waals surface area contributed by atoms with E-state index in [-0.39, 0.29) is 5.69 Å². The molecule has 0 bridgehead atoms. The van der Waals surface area contributed by atoms with Crippen molar-refractivity contribution >= 4 is 28.7 Å². The topological polar surface area (TPSA) is 64.2 Å². The van der Waals surface area contributed by atoms with E-state index in [1.165, 1.54) is 12.1 Å². The summed E-state index contributed by atoms with van der Waals surface area (Å²) in [5.41, 5.74) is 1.74. The van der Waals surface area contributed by atoms with E-state index in [0.717, 1.165) is 23.8 Å². The number of nitro benzene ring substituents is 1. The third-order valence-corrected chi connectivity index (χ3v) is 3.75. The molecule has 2 aromatic rings. The summed E-state index contributed by atoms with van der Waals surface area (Å²) in [6.45, 7) is 1.81. The van der Waals surface area contributed by atoms with Crippen LogP contribution in [0.2, 0.25) is 0 Å². The Morgan fingerprint density at radius 1 is 1.47 bits per heavy atom. The minimum absolute atomic E-state index is 0.0892. The molecular formula is C10H10N4O2S. The Labute approximate surface area is 102 Å². The lowest BCUT2D eigenvalue weighted by molar-refractivity contribution is -0.384. The zero-order chi connectivity index (χ0) is 12.0. The van der Waals surface area contributed by atoms with Gasteiger partial charge in [-0.15, -0.1) is 0 Å². The zero-order valence-corrected chi connectivity index (χ0v) is 9.98. The van der Waals surface area contributed by atoms with Crippen LogP contribution in [0.3, 0.4) is 0 Å². The summed E-state index contributed by atoms with van der Waals surface area (Å²) >= 11 is 1.57. The average Bonchev–Trinajstić information content (AvgIpc) is 2.64. The number of hydrogen-bond acceptors (Lipinski definition) is 5. The van der Waals surface area contributed by atoms with Crippen LogP contribution in [-0.2, 0) is 6.54 Å². The Morgan fingerprint density at radius 3 is 3.06 bits per heavy atom. The first-order chi connectivity index (χ1) is 8.15. The van der Waals surface area contributed by atoms with Gasteiger partial charge in [-0.1, -0.05) is 0 Å². The number of aromatic nitrogens is 2. The average molecular weight is 250 g/mol. The van der Waals surface area contributed by atoms with Crippen LogP contribution in [0.1, 0.15) is 0 Å². The first kappa shape index (κ1) is 10.5. The van der Waals surface area contributed by atoms with Gasteiger partial charge >= 0.3 is 0 Å². The Kier molecular flexibility index (Phi) is 2.30. The lowest BCUT2D eigenvalue weighted by atomic mass is 10.3. The molecule has 0 fully saturated rings. The smallest absolute Gasteiger partial charge is 0.271 e. The lowest BCUT2D eigenvalue weighted by Crippen LogP contribution is -2.22. The largest absolute Gasteiger partial charge is 0.317 e. The van der Waals surface area contributed by atoms with Crippen molar-refractivity contribution in [1.82, 2.24) is 13.9 Å². The molecule has 0 radical (unpaired) electrons. The fourth-order valence-electron chi connectivity index (χ4n) is 1.92. The Hall–Kier alpha value is -1.60. The number of likely N-dealkylation sites (N-methyl/N-ethyl adjacent to an activating group) is 1. The highest BCUT2D eigenvalue weighted by Gasteiger charge is 2.19. The molecular weight excluding hydrogens is 240 g/mol. The SMILES string of the molecule is CN1CCn2c(nc3cc([N+](=O)[O-])ccc32)S1. The van der Waals surface area contributed by atoms with Crippen LogP contribution in [0, 0.1) is 10.1 Å². The zero-order valence-electron chi connectivity index (χ0n) is 9.16. The van der Waals surface area contributed by atoms with Crippen molar-refractivity contribution in [1.29, 1.82) is 0 Å². The van der Waals surface area contributed by atoms with Crippen LogP contribution >= 0.6 is 11.9 Å². The van der Waals surface area contributed by atoms with Crippen LogP contribution in [0.5, 0.6) is 0 Å². The summed E-state index contributed by atoms with van der Waals surface area (Å²) in [5.74, 6) is 0. The van der Waals surface area contributed by atoms with E-state index in [1.807, 2.05) is 7.05 Å². The van der Waals surface area contributed by atoms with Crippen LogP contribution in [0.15, 0.2) is 23.4 Å². The van der Waals surface area contributed by atoms with Gasteiger partial charge in [-0.2, -0.15) is 0 Å². The van der Waals surface area contributed by atoms with Crippen molar-refractivity contribution < 1.29 is 4.92 Å². The van der Waals surface area contributed by atoms with Crippen molar-refractivity contribution in [3.05, 3.63) is 28.3 Å². The van der Waals surface area contributed by atoms with Gasteiger partial charge < -0.3 is 4.57 Å². The van der Waals surface area contributed by atoms with E-state index in [1.54, 1.807) is 18.0 Å². The van der Waals surface area contributed by atoms with Gasteiger partial charge in [0.15, 0.2) is 5.16 Å². The van der Waals surface area contributed by atoms with E-state index >= 15 is 0 Å². The molecule has 0 N–H and O–H groups in total. The predicted octanol–water partition coefficient (Wildman–Crippen LogP) is 1.90. The van der Waals surface area contributed by atoms with Crippen molar-refractivity contribution in [2.75, 3.05) is 13.6 Å². The summed E-state index contributed by atoms with van der Waals surface area (Å²) in [5, 5.41) is 11.6. The molecule has 1 aromatic carbocycles. The molecule has 0 atom stereocenters. The molecule has 88 valence electrons. The van der Waals surface area contributed by atoms with Gasteiger partial charge in [-0.05, 0) is 25.1 Å². The number of rotatable bonds is 1. The predicted molar refractivity (Wildman–Crippen MR) is 64.9 cm³/mol. The number of fused-ring (bicyclic) bond motifs is 3. The first-order valence-electron chi connectivity index (χ1n) is 5.19. The number of hydrogen-bond donors (Lipinski definition) is 0. The number of benzene rings is 1. The maximum Gasteiger partial charge on any atom is 0.271 e. The van der Waals surface area contributed by atoms with Gasteiger partial charge in [-0.25, -0.2) is 9.29 Å². The van der Waals surface area contributed by atoms with Crippen LogP contribution < -0.4 is 0 Å². The van der Waals surface area contributed by atoms with Crippen molar-refractivity contribution in [3.63, 3.8) is 0 Å². The minimum Gasteiger partial charge on any atom is -0.317 e. The van der Waals surface area contributed by atoms with Gasteiger partial charge in [0.05, 0.1) is 16.0 Å². The number of imidazole rings is 1. The van der Waals surface area contributed by atoms with E-state index in [2.05, 4.69) is 13.9 Å². The molecule has 0 amide bonds. The van der Waals surface area contributed by atoms with Crippen molar-refractivity contribution in [2.45, 2.75) is 11.7 Å². The number of non-ortho nitro benzene ring substituents is 1. The monoisotopic (exact) mass is 250 g/mol. The summed E-state index contributed by atoms with van der Waals surface area (Å²) in [6, 6.07) is 4.83. The number of nitro groups is 1. The molecule has 0 saturated carbocycles. The fourth-order valence-corrected chi connectivity index (χ4v) is 2.80. The molecule has 6 nitrogen and oxygen atoms in total. The second kappa shape index (κ2) is 3.71. The lowest BCUT2D eigenvalue weighted by Gasteiger charge is -2.22. The summed E-state index contributed by atoms with van der Waals surface area (Å²) in [6.07, 6.45) is 0. The highest BCUT2D eigenvalue weighted by atomic mass is 32.2. The first-order valence-corrected chi connectivity index (χ1v) is 5.96. The van der Waals surface area contributed by atoms with Crippen LogP contribution in [0.4, 0.5) is 5.69 Å². The van der Waals surface area contributed by atoms with E-state index in [4.69, 9.17) is 0 Å². The molecule has 1 aliphatic heterocycles. The Balaban J connectivity index is 2.17. The van der Waals surface area contributed by atoms with Gasteiger partial charge in [0.25, 0.3) is 5.69 Å². The molecule has 0 aliphatic carbocycles. The van der Waals surface area contributed by atoms with E-state index in [0.29, 0.717) is 5.52 Å². The summed E-state index contributed by atoms with van der Waals surface area (Å²) < 4.78 is 4.21. The molecule has 0 saturated heterocycles. The third-order valence-electron chi connectivity index (χ3n) is 2.78. The molecule has 0 spiro atoms. The maximum atomic E-state index is 10.7. The quantitative estimate of drug-likeness (QED) is 0.439. The van der Waals surface area contributed by atoms with Gasteiger partial charge in [-0.3, -0.25) is 10.1 Å². The third kappa shape index (κ3) is 1.67. The van der Waals surface area contributed by atoms with Crippen LogP contribution in [0.25, 0.3) is 11.0 Å². The van der Waals surface area contributed by atoms with Crippen LogP contribution in [-0.4, -0.2) is 32.4 Å². The van der Waals surface area contributed by atoms with E-state index in [9.17, 15) is 10.1 Å². The molecule has 2 heterocycles. The van der Waals surface area contributed by atoms with Crippen molar-refractivity contribution in [3.8, 4) is 0 Å². The molecule has 3 rings (SSSR count). The minimum atomic E-state index is -0.392. The molecule has 17 heavy (non-hydrogen) atoms. The Bertz CT molecular complexity index is 610. The number of nitrogens with zero attached hydrogens (tertiary/aromatic N) is 4.